The Balaban J connectivity index is 1.21. The summed E-state index contributed by atoms with van der Waals surface area (Å²) in [6, 6.07) is 20.3. The van der Waals surface area contributed by atoms with Gasteiger partial charge in [0.05, 0.1) is 37.4 Å². The molecule has 5 fully saturated rings. The Morgan fingerprint density at radius 3 is 1.79 bits per heavy atom. The number of fused-ring (bicyclic) bond motifs is 1. The van der Waals surface area contributed by atoms with Crippen molar-refractivity contribution < 1.29 is 99.9 Å². The normalized spacial score (nSPS) is 30.3. The molecule has 0 aromatic heterocycles. The lowest BCUT2D eigenvalue weighted by molar-refractivity contribution is -0.299. The molecule has 2 N–H and O–H groups in total. The predicted octanol–water partition coefficient (Wildman–Crippen LogP) is 6.15. The van der Waals surface area contributed by atoms with Crippen molar-refractivity contribution in [3.63, 3.8) is 0 Å². The molecule has 3 amide bonds. The van der Waals surface area contributed by atoms with Crippen molar-refractivity contribution in [1.29, 1.82) is 0 Å². The third-order valence-corrected chi connectivity index (χ3v) is 15.2. The van der Waals surface area contributed by atoms with E-state index < -0.39 is 172 Å². The molecule has 33 heteroatoms. The maximum absolute atomic E-state index is 14.4. The molecule has 4 heterocycles. The molecule has 1 aliphatic carbocycles. The Kier molecular flexibility index (Phi) is 23.8. The van der Waals surface area contributed by atoms with Crippen LogP contribution >= 0.6 is 0 Å². The largest absolute Gasteiger partial charge is 0.463 e. The van der Waals surface area contributed by atoms with Gasteiger partial charge in [0, 0.05) is 49.5 Å². The van der Waals surface area contributed by atoms with Crippen LogP contribution in [0.15, 0.2) is 106 Å². The van der Waals surface area contributed by atoms with Gasteiger partial charge in [-0.3, -0.25) is 19.2 Å². The molecular formula is C57H68N12O21. The molecule has 4 aliphatic heterocycles. The smallest absolute Gasteiger partial charge is 0.410 e. The van der Waals surface area contributed by atoms with E-state index in [1.54, 1.807) is 91.9 Å². The van der Waals surface area contributed by atoms with E-state index in [1.165, 1.54) is 11.9 Å². The zero-order valence-corrected chi connectivity index (χ0v) is 49.6. The molecule has 0 unspecified atom stereocenters. The number of amides is 3. The Morgan fingerprint density at radius 1 is 0.622 bits per heavy atom. The number of hydrogen-bond acceptors (Lipinski definition) is 24. The van der Waals surface area contributed by atoms with Gasteiger partial charge in [0.25, 0.3) is 0 Å². The summed E-state index contributed by atoms with van der Waals surface area (Å²) in [6.07, 6.45) is -24.7. The number of ether oxygens (including phenoxy) is 14. The summed E-state index contributed by atoms with van der Waals surface area (Å²) < 4.78 is 86.5. The fourth-order valence-corrected chi connectivity index (χ4v) is 11.0. The van der Waals surface area contributed by atoms with Crippen molar-refractivity contribution in [1.82, 2.24) is 15.5 Å². The van der Waals surface area contributed by atoms with Gasteiger partial charge in [-0.05, 0) is 53.0 Å². The average Bonchev–Trinajstić information content (AvgIpc) is 1.48. The molecular weight excluding hydrogens is 1190 g/mol. The Labute approximate surface area is 514 Å². The molecule has 1 saturated carbocycles. The summed E-state index contributed by atoms with van der Waals surface area (Å²) in [4.78, 5) is 103. The Morgan fingerprint density at radius 2 is 1.19 bits per heavy atom. The molecule has 33 nitrogen and oxygen atoms in total. The molecule has 0 spiro atoms. The molecule has 90 heavy (non-hydrogen) atoms. The maximum atomic E-state index is 14.4. The molecule has 19 atom stereocenters. The van der Waals surface area contributed by atoms with E-state index in [4.69, 9.17) is 66.3 Å². The van der Waals surface area contributed by atoms with E-state index in [9.17, 15) is 50.2 Å². The van der Waals surface area contributed by atoms with Crippen molar-refractivity contribution >= 4 is 42.2 Å². The number of esters is 4. The summed E-state index contributed by atoms with van der Waals surface area (Å²) in [5.41, 5.74) is 31.3. The number of alkyl carbamates (subject to hydrolysis) is 2. The number of nitrogens with zero attached hydrogens (tertiary/aromatic N) is 10. The van der Waals surface area contributed by atoms with E-state index in [0.717, 1.165) is 33.3 Å². The standard InChI is InChI=1S/C57H68N12O21/c1-29(69(6)57(76)80-27-36-20-14-9-15-21-36)38-23-22-37(64-67-59)52(84-38)88-47-41(62-55(74)79-26-35-18-12-8-13-19-35)46(78-25-34-16-10-7-11-17-34)42-48(90-56(75)63-42)50(47)89-54-51(83-33(5)73)45(40(86-54)28-77-30(2)70)87-53-43(65-68-60)49(82-32(4)72)44(81-31(3)71)39(85-53)24-61-66-58/h7-21,29,37-54H,22-28H2,1-6H3,(H,62,74)(H,63,75)/t29-,37+,38-,39-,40+,41-,42+,43+,44+,45+,46-,47+,48-,49+,50-,51+,52+,53+,54-/m0/s1. The van der Waals surface area contributed by atoms with Gasteiger partial charge in [-0.1, -0.05) is 106 Å². The van der Waals surface area contributed by atoms with Crippen LogP contribution in [0.3, 0.4) is 0 Å². The zero-order chi connectivity index (χ0) is 64.4. The molecule has 3 aromatic rings. The van der Waals surface area contributed by atoms with Gasteiger partial charge in [-0.15, -0.1) is 0 Å². The van der Waals surface area contributed by atoms with Gasteiger partial charge in [-0.25, -0.2) is 14.4 Å². The van der Waals surface area contributed by atoms with Crippen LogP contribution in [0, 0.1) is 0 Å². The summed E-state index contributed by atoms with van der Waals surface area (Å²) in [6.45, 7) is 4.21. The minimum Gasteiger partial charge on any atom is -0.463 e. The number of azide groups is 3. The van der Waals surface area contributed by atoms with E-state index in [1.807, 2.05) is 6.07 Å². The summed E-state index contributed by atoms with van der Waals surface area (Å²) in [5, 5.41) is 17.0. The second kappa shape index (κ2) is 32.0. The first-order valence-electron chi connectivity index (χ1n) is 28.6. The summed E-state index contributed by atoms with van der Waals surface area (Å²) in [7, 11) is 1.52. The first-order valence-corrected chi connectivity index (χ1v) is 28.6. The number of rotatable bonds is 25. The molecule has 482 valence electrons. The predicted molar refractivity (Wildman–Crippen MR) is 303 cm³/mol. The topological polar surface area (TPSA) is 422 Å². The number of carbonyl (C=O) groups excluding carboxylic acids is 7. The van der Waals surface area contributed by atoms with Crippen molar-refractivity contribution in [3.05, 3.63) is 139 Å². The fraction of sp³-hybridized carbons (Fsp3) is 0.561. The second-order valence-electron chi connectivity index (χ2n) is 21.3. The van der Waals surface area contributed by atoms with Crippen LogP contribution in [-0.4, -0.2) is 183 Å². The van der Waals surface area contributed by atoms with Crippen LogP contribution in [0.5, 0.6) is 0 Å². The van der Waals surface area contributed by atoms with Gasteiger partial charge < -0.3 is 81.8 Å². The van der Waals surface area contributed by atoms with Gasteiger partial charge in [0.1, 0.15) is 68.5 Å². The molecule has 5 aliphatic rings. The lowest BCUT2D eigenvalue weighted by Crippen LogP contribution is -2.72. The van der Waals surface area contributed by atoms with Crippen LogP contribution < -0.4 is 10.6 Å². The SMILES string of the molecule is CC(=O)OC[C@H]1O[C@@H](O[C@H]2[C@H](O[C@H]3O[C@H]([C@H](C)N(C)C(=O)OCc4ccccc4)CC[C@H]3N=[N+]=[N-])[C@@H](NC(=O)OCc3ccccc3)[C@H](OCc3ccccc3)[C@H]3NC(=O)O[C@@H]32)[C@H](OC(C)=O)[C@@H]1O[C@H]1O[C@@H](CN=[N+]=[N-])[C@@H](OC(C)=O)[C@H](OC(C)=O)[C@H]1N=[N+]=[N-]. The van der Waals surface area contributed by atoms with Crippen LogP contribution in [-0.2, 0) is 105 Å². The quantitative estimate of drug-likeness (QED) is 0.0315. The van der Waals surface area contributed by atoms with Gasteiger partial charge in [0.2, 0.25) is 0 Å². The van der Waals surface area contributed by atoms with Crippen molar-refractivity contribution in [2.45, 2.75) is 184 Å². The highest BCUT2D eigenvalue weighted by Crippen LogP contribution is 2.41. The number of likely N-dealkylation sites (N-methyl/N-ethyl adjacent to an activating group) is 1. The highest BCUT2D eigenvalue weighted by molar-refractivity contribution is 5.72. The van der Waals surface area contributed by atoms with E-state index in [2.05, 4.69) is 40.7 Å². The van der Waals surface area contributed by atoms with E-state index >= 15 is 0 Å². The fourth-order valence-electron chi connectivity index (χ4n) is 11.0. The lowest BCUT2D eigenvalue weighted by atomic mass is 9.81. The summed E-state index contributed by atoms with van der Waals surface area (Å²) in [5.74, 6) is -3.66. The van der Waals surface area contributed by atoms with Gasteiger partial charge in [-0.2, -0.15) is 0 Å². The number of nitrogens with one attached hydrogen (secondary N) is 2. The molecule has 0 radical (unpaired) electrons. The third-order valence-electron chi connectivity index (χ3n) is 15.2. The highest BCUT2D eigenvalue weighted by Gasteiger charge is 2.63. The van der Waals surface area contributed by atoms with Crippen molar-refractivity contribution in [3.8, 4) is 0 Å². The van der Waals surface area contributed by atoms with E-state index in [-0.39, 0.29) is 32.7 Å². The first-order chi connectivity index (χ1) is 43.3. The van der Waals surface area contributed by atoms with Crippen molar-refractivity contribution in [2.24, 2.45) is 15.3 Å². The van der Waals surface area contributed by atoms with Gasteiger partial charge >= 0.3 is 42.2 Å². The Bertz CT molecular complexity index is 3130. The minimum absolute atomic E-state index is 0.0355. The van der Waals surface area contributed by atoms with E-state index in [0.29, 0.717) is 11.1 Å². The first kappa shape index (κ1) is 66.9. The van der Waals surface area contributed by atoms with Crippen LogP contribution in [0.25, 0.3) is 31.3 Å². The minimum atomic E-state index is -1.91. The van der Waals surface area contributed by atoms with Gasteiger partial charge in [0.15, 0.2) is 43.3 Å². The third kappa shape index (κ3) is 17.4. The van der Waals surface area contributed by atoms with Crippen molar-refractivity contribution in [2.75, 3.05) is 20.2 Å². The highest BCUT2D eigenvalue weighted by atomic mass is 16.8. The monoisotopic (exact) mass is 1260 g/mol. The summed E-state index contributed by atoms with van der Waals surface area (Å²) >= 11 is 0. The maximum Gasteiger partial charge on any atom is 0.410 e. The zero-order valence-electron chi connectivity index (χ0n) is 49.6. The molecule has 0 bridgehead atoms. The number of carbonyl (C=O) groups is 7. The van der Waals surface area contributed by atoms with Crippen LogP contribution in [0.4, 0.5) is 14.4 Å². The second-order valence-corrected chi connectivity index (χ2v) is 21.3. The van der Waals surface area contributed by atoms with Crippen LogP contribution in [0.2, 0.25) is 0 Å². The number of hydrogen-bond donors (Lipinski definition) is 2. The van der Waals surface area contributed by atoms with Crippen LogP contribution in [0.1, 0.15) is 64.2 Å². The molecule has 4 saturated heterocycles. The number of benzene rings is 3. The average molecular weight is 1260 g/mol. The molecule has 8 rings (SSSR count). The Hall–Kier alpha value is -9.00. The molecule has 3 aromatic carbocycles. The lowest BCUT2D eigenvalue weighted by Gasteiger charge is -2.49.